The Balaban J connectivity index is 1.62. The van der Waals surface area contributed by atoms with Crippen molar-refractivity contribution in [3.63, 3.8) is 0 Å². The van der Waals surface area contributed by atoms with E-state index in [0.717, 1.165) is 5.56 Å². The molecule has 1 aliphatic rings. The molecule has 1 aliphatic heterocycles. The lowest BCUT2D eigenvalue weighted by molar-refractivity contribution is 0.0620. The number of sulfonamides is 1. The van der Waals surface area contributed by atoms with Crippen LogP contribution in [0.25, 0.3) is 0 Å². The Kier molecular flexibility index (Phi) is 6.78. The molecule has 0 fully saturated rings. The number of benzene rings is 2. The number of ketones is 1. The Bertz CT molecular complexity index is 1080. The minimum Gasteiger partial charge on any atom is -0.487 e. The van der Waals surface area contributed by atoms with Crippen molar-refractivity contribution in [1.82, 2.24) is 10.0 Å². The van der Waals surface area contributed by atoms with Crippen LogP contribution in [-0.4, -0.2) is 46.0 Å². The van der Waals surface area contributed by atoms with Gasteiger partial charge in [-0.3, -0.25) is 9.59 Å². The molecule has 0 saturated heterocycles. The third-order valence-electron chi connectivity index (χ3n) is 4.80. The topological polar surface area (TPSA) is 111 Å². The minimum atomic E-state index is -3.61. The van der Waals surface area contributed by atoms with Gasteiger partial charge in [0.15, 0.2) is 5.78 Å². The molecule has 3 rings (SSSR count). The van der Waals surface area contributed by atoms with Crippen molar-refractivity contribution < 1.29 is 27.5 Å². The quantitative estimate of drug-likeness (QED) is 0.602. The third-order valence-corrected chi connectivity index (χ3v) is 6.28. The normalized spacial score (nSPS) is 15.1. The summed E-state index contributed by atoms with van der Waals surface area (Å²) >= 11 is 0. The van der Waals surface area contributed by atoms with E-state index in [9.17, 15) is 18.0 Å². The Morgan fingerprint density at radius 1 is 1.16 bits per heavy atom. The van der Waals surface area contributed by atoms with E-state index in [1.165, 1.54) is 19.2 Å². The molecule has 2 aromatic rings. The zero-order valence-electron chi connectivity index (χ0n) is 17.7. The Morgan fingerprint density at radius 3 is 2.55 bits per heavy atom. The average molecular weight is 447 g/mol. The Labute approximate surface area is 182 Å². The highest BCUT2D eigenvalue weighted by Crippen LogP contribution is 2.33. The summed E-state index contributed by atoms with van der Waals surface area (Å²) in [5.74, 6) is 0.0869. The summed E-state index contributed by atoms with van der Waals surface area (Å²) in [6.07, 6.45) is 0.251. The summed E-state index contributed by atoms with van der Waals surface area (Å²) in [6, 6.07) is 11.0. The second kappa shape index (κ2) is 9.17. The lowest BCUT2D eigenvalue weighted by Gasteiger charge is -2.31. The van der Waals surface area contributed by atoms with Crippen LogP contribution in [0.4, 0.5) is 0 Å². The number of hydrogen-bond donors (Lipinski definition) is 2. The molecule has 9 heteroatoms. The highest BCUT2D eigenvalue weighted by Gasteiger charge is 2.32. The van der Waals surface area contributed by atoms with Gasteiger partial charge in [0, 0.05) is 25.8 Å². The SMILES string of the molecule is COCCNS(=O)(=O)c1ccc(CNC(=O)c2ccc3c(c2)C(=O)CC(C)(C)O3)cc1. The van der Waals surface area contributed by atoms with Crippen LogP contribution in [0.2, 0.25) is 0 Å². The lowest BCUT2D eigenvalue weighted by atomic mass is 9.92. The zero-order valence-corrected chi connectivity index (χ0v) is 18.5. The van der Waals surface area contributed by atoms with Gasteiger partial charge in [0.25, 0.3) is 5.91 Å². The molecule has 0 aromatic heterocycles. The third kappa shape index (κ3) is 5.69. The van der Waals surface area contributed by atoms with E-state index in [4.69, 9.17) is 9.47 Å². The van der Waals surface area contributed by atoms with Crippen molar-refractivity contribution in [2.24, 2.45) is 0 Å². The molecule has 31 heavy (non-hydrogen) atoms. The summed E-state index contributed by atoms with van der Waals surface area (Å²) in [7, 11) is -2.11. The number of amides is 1. The zero-order chi connectivity index (χ0) is 22.6. The van der Waals surface area contributed by atoms with Gasteiger partial charge < -0.3 is 14.8 Å². The standard InChI is InChI=1S/C22H26N2O6S/c1-22(2)13-19(25)18-12-16(6-9-20(18)30-22)21(26)23-14-15-4-7-17(8-5-15)31(27,28)24-10-11-29-3/h4-9,12,24H,10-11,13-14H2,1-3H3,(H,23,26). The van der Waals surface area contributed by atoms with Crippen LogP contribution >= 0.6 is 0 Å². The maximum atomic E-state index is 12.5. The van der Waals surface area contributed by atoms with Crippen molar-refractivity contribution in [3.05, 3.63) is 59.2 Å². The van der Waals surface area contributed by atoms with E-state index < -0.39 is 15.6 Å². The predicted molar refractivity (Wildman–Crippen MR) is 115 cm³/mol. The first-order valence-electron chi connectivity index (χ1n) is 9.83. The predicted octanol–water partition coefficient (Wildman–Crippen LogP) is 2.29. The molecule has 2 aromatic carbocycles. The summed E-state index contributed by atoms with van der Waals surface area (Å²) in [5, 5.41) is 2.78. The second-order valence-electron chi connectivity index (χ2n) is 7.89. The van der Waals surface area contributed by atoms with Gasteiger partial charge in [0.2, 0.25) is 10.0 Å². The van der Waals surface area contributed by atoms with Gasteiger partial charge in [-0.1, -0.05) is 12.1 Å². The number of rotatable bonds is 8. The molecule has 0 spiro atoms. The molecule has 0 radical (unpaired) electrons. The van der Waals surface area contributed by atoms with Crippen molar-refractivity contribution in [3.8, 4) is 5.75 Å². The van der Waals surface area contributed by atoms with Crippen LogP contribution < -0.4 is 14.8 Å². The van der Waals surface area contributed by atoms with Gasteiger partial charge >= 0.3 is 0 Å². The maximum absolute atomic E-state index is 12.5. The van der Waals surface area contributed by atoms with Crippen LogP contribution in [0.5, 0.6) is 5.75 Å². The largest absolute Gasteiger partial charge is 0.487 e. The number of methoxy groups -OCH3 is 1. The molecule has 0 saturated carbocycles. The number of fused-ring (bicyclic) bond motifs is 1. The highest BCUT2D eigenvalue weighted by atomic mass is 32.2. The number of carbonyl (C=O) groups excluding carboxylic acids is 2. The number of carbonyl (C=O) groups is 2. The second-order valence-corrected chi connectivity index (χ2v) is 9.66. The number of ether oxygens (including phenoxy) is 2. The smallest absolute Gasteiger partial charge is 0.251 e. The van der Waals surface area contributed by atoms with Crippen LogP contribution in [0.3, 0.4) is 0 Å². The van der Waals surface area contributed by atoms with E-state index in [0.29, 0.717) is 16.9 Å². The summed E-state index contributed by atoms with van der Waals surface area (Å²) in [5.41, 5.74) is 0.940. The van der Waals surface area contributed by atoms with Crippen molar-refractivity contribution in [1.29, 1.82) is 0 Å². The van der Waals surface area contributed by atoms with E-state index in [1.54, 1.807) is 30.3 Å². The van der Waals surface area contributed by atoms with Crippen molar-refractivity contribution >= 4 is 21.7 Å². The molecular weight excluding hydrogens is 420 g/mol. The van der Waals surface area contributed by atoms with Gasteiger partial charge in [-0.25, -0.2) is 13.1 Å². The molecule has 0 aliphatic carbocycles. The first-order valence-corrected chi connectivity index (χ1v) is 11.3. The van der Waals surface area contributed by atoms with E-state index in [1.807, 2.05) is 13.8 Å². The molecule has 1 amide bonds. The monoisotopic (exact) mass is 446 g/mol. The molecule has 0 unspecified atom stereocenters. The average Bonchev–Trinajstić information content (AvgIpc) is 2.71. The first kappa shape index (κ1) is 22.9. The lowest BCUT2D eigenvalue weighted by Crippen LogP contribution is -2.36. The van der Waals surface area contributed by atoms with Gasteiger partial charge in [-0.2, -0.15) is 0 Å². The fourth-order valence-electron chi connectivity index (χ4n) is 3.23. The van der Waals surface area contributed by atoms with Crippen LogP contribution in [-0.2, 0) is 21.3 Å². The Morgan fingerprint density at radius 2 is 1.87 bits per heavy atom. The highest BCUT2D eigenvalue weighted by molar-refractivity contribution is 7.89. The summed E-state index contributed by atoms with van der Waals surface area (Å²) < 4.78 is 37.4. The first-order chi connectivity index (χ1) is 14.6. The molecule has 2 N–H and O–H groups in total. The molecule has 0 atom stereocenters. The molecule has 8 nitrogen and oxygen atoms in total. The van der Waals surface area contributed by atoms with Crippen molar-refractivity contribution in [2.45, 2.75) is 37.3 Å². The van der Waals surface area contributed by atoms with Gasteiger partial charge in [0.05, 0.1) is 23.5 Å². The Hall–Kier alpha value is -2.75. The number of Topliss-reactive ketones (excluding diaryl/α,β-unsaturated/α-hetero) is 1. The van der Waals surface area contributed by atoms with Gasteiger partial charge in [-0.05, 0) is 49.7 Å². The van der Waals surface area contributed by atoms with E-state index in [2.05, 4.69) is 10.0 Å². The summed E-state index contributed by atoms with van der Waals surface area (Å²) in [6.45, 7) is 4.37. The van der Waals surface area contributed by atoms with Crippen LogP contribution in [0, 0.1) is 0 Å². The van der Waals surface area contributed by atoms with Gasteiger partial charge in [0.1, 0.15) is 11.4 Å². The van der Waals surface area contributed by atoms with Gasteiger partial charge in [-0.15, -0.1) is 0 Å². The fraction of sp³-hybridized carbons (Fsp3) is 0.364. The van der Waals surface area contributed by atoms with Crippen LogP contribution in [0.1, 0.15) is 46.5 Å². The van der Waals surface area contributed by atoms with E-state index >= 15 is 0 Å². The minimum absolute atomic E-state index is 0.0585. The molecule has 0 bridgehead atoms. The molecule has 1 heterocycles. The number of nitrogens with one attached hydrogen (secondary N) is 2. The van der Waals surface area contributed by atoms with Crippen molar-refractivity contribution in [2.75, 3.05) is 20.3 Å². The molecular formula is C22H26N2O6S. The molecule has 166 valence electrons. The summed E-state index contributed by atoms with van der Waals surface area (Å²) in [4.78, 5) is 25.0. The maximum Gasteiger partial charge on any atom is 0.251 e. The van der Waals surface area contributed by atoms with E-state index in [-0.39, 0.29) is 42.7 Å². The number of hydrogen-bond acceptors (Lipinski definition) is 6. The van der Waals surface area contributed by atoms with Crippen LogP contribution in [0.15, 0.2) is 47.4 Å². The fourth-order valence-corrected chi connectivity index (χ4v) is 4.24.